The van der Waals surface area contributed by atoms with Gasteiger partial charge >= 0.3 is 0 Å². The van der Waals surface area contributed by atoms with Crippen LogP contribution in [0.2, 0.25) is 0 Å². The Morgan fingerprint density at radius 2 is 2.00 bits per heavy atom. The zero-order valence-corrected chi connectivity index (χ0v) is 20.1. The molecule has 4 heterocycles. The van der Waals surface area contributed by atoms with Gasteiger partial charge in [0.05, 0.1) is 23.1 Å². The minimum Gasteiger partial charge on any atom is -0.376 e. The fourth-order valence-electron chi connectivity index (χ4n) is 4.12. The monoisotopic (exact) mass is 492 g/mol. The van der Waals surface area contributed by atoms with E-state index in [-0.39, 0.29) is 17.6 Å². The Bertz CT molecular complexity index is 1320. The summed E-state index contributed by atoms with van der Waals surface area (Å²) in [5.74, 6) is 0.259. The number of thiocarbonyl (C=S) groups is 1. The SMILES string of the molecule is O=C1/C(=C/c2c(NCCc3ccccc3)nc3ccccn3c2=O)SC(=S)N1CC1CCCO1. The normalized spacial score (nSPS) is 19.5. The van der Waals surface area contributed by atoms with Crippen LogP contribution in [0.3, 0.4) is 0 Å². The number of ether oxygens (including phenoxy) is 1. The maximum atomic E-state index is 13.4. The Balaban J connectivity index is 1.45. The molecule has 2 aliphatic heterocycles. The van der Waals surface area contributed by atoms with Crippen molar-refractivity contribution < 1.29 is 9.53 Å². The summed E-state index contributed by atoms with van der Waals surface area (Å²) in [5, 5.41) is 3.31. The quantitative estimate of drug-likeness (QED) is 0.398. The number of pyridine rings is 1. The molecule has 0 spiro atoms. The van der Waals surface area contributed by atoms with Crippen LogP contribution < -0.4 is 10.9 Å². The van der Waals surface area contributed by atoms with Crippen LogP contribution in [0.1, 0.15) is 24.0 Å². The number of aromatic nitrogens is 2. The fourth-order valence-corrected chi connectivity index (χ4v) is 5.37. The Morgan fingerprint density at radius 3 is 2.79 bits per heavy atom. The number of nitrogens with zero attached hydrogens (tertiary/aromatic N) is 3. The van der Waals surface area contributed by atoms with E-state index in [4.69, 9.17) is 17.0 Å². The van der Waals surface area contributed by atoms with E-state index in [2.05, 4.69) is 22.4 Å². The average molecular weight is 493 g/mol. The van der Waals surface area contributed by atoms with Gasteiger partial charge in [-0.15, -0.1) is 0 Å². The highest BCUT2D eigenvalue weighted by molar-refractivity contribution is 8.26. The molecule has 0 aliphatic carbocycles. The molecule has 174 valence electrons. The molecule has 1 atom stereocenters. The molecule has 0 bridgehead atoms. The van der Waals surface area contributed by atoms with Gasteiger partial charge in [0.2, 0.25) is 0 Å². The molecule has 34 heavy (non-hydrogen) atoms. The van der Waals surface area contributed by atoms with Crippen LogP contribution in [-0.4, -0.2) is 50.3 Å². The standard InChI is InChI=1S/C25H24N4O3S2/c30-23-19(15-20-24(31)29(25(33)34-20)16-18-9-6-14-32-18)22(27-21-10-4-5-13-28(21)23)26-12-11-17-7-2-1-3-8-17/h1-5,7-8,10,13,15,18,26H,6,9,11-12,14,16H2/b20-15-. The number of carbonyl (C=O) groups is 1. The Hall–Kier alpha value is -3.01. The van der Waals surface area contributed by atoms with Gasteiger partial charge in [0.1, 0.15) is 15.8 Å². The number of nitrogens with one attached hydrogen (secondary N) is 1. The second kappa shape index (κ2) is 10.1. The second-order valence-corrected chi connectivity index (χ2v) is 9.87. The molecule has 1 unspecified atom stereocenters. The minimum absolute atomic E-state index is 0.00465. The summed E-state index contributed by atoms with van der Waals surface area (Å²) in [6.07, 6.45) is 5.99. The molecule has 1 aromatic carbocycles. The maximum absolute atomic E-state index is 13.4. The molecular weight excluding hydrogens is 468 g/mol. The highest BCUT2D eigenvalue weighted by Crippen LogP contribution is 2.34. The van der Waals surface area contributed by atoms with Gasteiger partial charge in [-0.3, -0.25) is 18.9 Å². The van der Waals surface area contributed by atoms with Crippen molar-refractivity contribution in [2.24, 2.45) is 0 Å². The summed E-state index contributed by atoms with van der Waals surface area (Å²) in [6, 6.07) is 15.5. The van der Waals surface area contributed by atoms with Crippen LogP contribution in [0.25, 0.3) is 11.7 Å². The highest BCUT2D eigenvalue weighted by atomic mass is 32.2. The summed E-state index contributed by atoms with van der Waals surface area (Å²) in [7, 11) is 0. The first-order chi connectivity index (χ1) is 16.6. The van der Waals surface area contributed by atoms with E-state index < -0.39 is 0 Å². The number of hydrogen-bond acceptors (Lipinski definition) is 7. The van der Waals surface area contributed by atoms with Crippen molar-refractivity contribution in [2.45, 2.75) is 25.4 Å². The number of thioether (sulfide) groups is 1. The lowest BCUT2D eigenvalue weighted by molar-refractivity contribution is -0.123. The van der Waals surface area contributed by atoms with E-state index >= 15 is 0 Å². The smallest absolute Gasteiger partial charge is 0.267 e. The number of hydrogen-bond donors (Lipinski definition) is 1. The molecule has 2 fully saturated rings. The van der Waals surface area contributed by atoms with Gasteiger partial charge in [0.15, 0.2) is 0 Å². The van der Waals surface area contributed by atoms with Gasteiger partial charge in [0.25, 0.3) is 11.5 Å². The van der Waals surface area contributed by atoms with Crippen molar-refractivity contribution in [3.05, 3.63) is 81.1 Å². The van der Waals surface area contributed by atoms with E-state index in [0.29, 0.717) is 46.0 Å². The zero-order valence-electron chi connectivity index (χ0n) is 18.5. The lowest BCUT2D eigenvalue weighted by Crippen LogP contribution is -2.35. The lowest BCUT2D eigenvalue weighted by atomic mass is 10.1. The summed E-state index contributed by atoms with van der Waals surface area (Å²) < 4.78 is 7.65. The molecule has 2 saturated heterocycles. The van der Waals surface area contributed by atoms with Crippen LogP contribution >= 0.6 is 24.0 Å². The summed E-state index contributed by atoms with van der Waals surface area (Å²) in [6.45, 7) is 1.76. The molecule has 1 N–H and O–H groups in total. The molecule has 0 radical (unpaired) electrons. The van der Waals surface area contributed by atoms with E-state index in [9.17, 15) is 9.59 Å². The van der Waals surface area contributed by atoms with Crippen molar-refractivity contribution >= 4 is 51.7 Å². The van der Waals surface area contributed by atoms with Crippen molar-refractivity contribution in [1.82, 2.24) is 14.3 Å². The Kier molecular flexibility index (Phi) is 6.75. The van der Waals surface area contributed by atoms with Crippen LogP contribution in [-0.2, 0) is 16.0 Å². The van der Waals surface area contributed by atoms with E-state index in [1.54, 1.807) is 29.3 Å². The number of fused-ring (bicyclic) bond motifs is 1. The third-order valence-corrected chi connectivity index (χ3v) is 7.25. The van der Waals surface area contributed by atoms with Gasteiger partial charge in [-0.05, 0) is 43.0 Å². The average Bonchev–Trinajstić information content (AvgIpc) is 3.46. The molecule has 0 saturated carbocycles. The third kappa shape index (κ3) is 4.77. The Morgan fingerprint density at radius 1 is 1.18 bits per heavy atom. The number of amides is 1. The second-order valence-electron chi connectivity index (χ2n) is 8.20. The molecule has 1 amide bonds. The molecule has 2 aromatic heterocycles. The van der Waals surface area contributed by atoms with Crippen molar-refractivity contribution in [3.8, 4) is 0 Å². The van der Waals surface area contributed by atoms with Crippen molar-refractivity contribution in [2.75, 3.05) is 25.0 Å². The van der Waals surface area contributed by atoms with E-state index in [1.807, 2.05) is 24.3 Å². The Labute approximate surface area is 206 Å². The van der Waals surface area contributed by atoms with Crippen molar-refractivity contribution in [1.29, 1.82) is 0 Å². The first-order valence-corrected chi connectivity index (χ1v) is 12.5. The number of benzene rings is 1. The molecular formula is C25H24N4O3S2. The molecule has 7 nitrogen and oxygen atoms in total. The van der Waals surface area contributed by atoms with Gasteiger partial charge in [-0.1, -0.05) is 60.4 Å². The number of carbonyl (C=O) groups excluding carboxylic acids is 1. The van der Waals surface area contributed by atoms with Crippen LogP contribution in [0.15, 0.2) is 64.4 Å². The topological polar surface area (TPSA) is 75.9 Å². The van der Waals surface area contributed by atoms with E-state index in [1.165, 1.54) is 21.7 Å². The highest BCUT2D eigenvalue weighted by Gasteiger charge is 2.35. The number of anilines is 1. The zero-order chi connectivity index (χ0) is 23.5. The maximum Gasteiger partial charge on any atom is 0.267 e. The van der Waals surface area contributed by atoms with Gasteiger partial charge in [-0.25, -0.2) is 4.98 Å². The van der Waals surface area contributed by atoms with Crippen LogP contribution in [0.4, 0.5) is 5.82 Å². The molecule has 5 rings (SSSR count). The predicted molar refractivity (Wildman–Crippen MR) is 139 cm³/mol. The fraction of sp³-hybridized carbons (Fsp3) is 0.280. The summed E-state index contributed by atoms with van der Waals surface area (Å²) >= 11 is 6.68. The first kappa shape index (κ1) is 22.8. The lowest BCUT2D eigenvalue weighted by Gasteiger charge is -2.18. The summed E-state index contributed by atoms with van der Waals surface area (Å²) in [4.78, 5) is 33.2. The molecule has 3 aromatic rings. The van der Waals surface area contributed by atoms with Gasteiger partial charge < -0.3 is 10.1 Å². The molecule has 2 aliphatic rings. The first-order valence-electron chi connectivity index (χ1n) is 11.3. The third-order valence-electron chi connectivity index (χ3n) is 5.88. The van der Waals surface area contributed by atoms with Crippen LogP contribution in [0.5, 0.6) is 0 Å². The predicted octanol–water partition coefficient (Wildman–Crippen LogP) is 3.73. The van der Waals surface area contributed by atoms with Crippen molar-refractivity contribution in [3.63, 3.8) is 0 Å². The minimum atomic E-state index is -0.239. The largest absolute Gasteiger partial charge is 0.376 e. The number of rotatable bonds is 7. The van der Waals surface area contributed by atoms with Crippen LogP contribution in [0, 0.1) is 0 Å². The van der Waals surface area contributed by atoms with Gasteiger partial charge in [0, 0.05) is 19.3 Å². The van der Waals surface area contributed by atoms with Gasteiger partial charge in [-0.2, -0.15) is 0 Å². The summed E-state index contributed by atoms with van der Waals surface area (Å²) in [5.41, 5.74) is 1.83. The molecule has 9 heteroatoms. The van der Waals surface area contributed by atoms with E-state index in [0.717, 1.165) is 19.3 Å².